The van der Waals surface area contributed by atoms with Crippen molar-refractivity contribution in [3.63, 3.8) is 0 Å². The number of rotatable bonds is 1. The summed E-state index contributed by atoms with van der Waals surface area (Å²) in [7, 11) is -1.84. The summed E-state index contributed by atoms with van der Waals surface area (Å²) >= 11 is 0. The second-order valence-electron chi connectivity index (χ2n) is 0.674. The SMILES string of the molecule is [O-]/[P+](=C\O)CO. The van der Waals surface area contributed by atoms with Gasteiger partial charge >= 0.3 is 0 Å². The second kappa shape index (κ2) is 3.25. The minimum atomic E-state index is -1.84. The van der Waals surface area contributed by atoms with E-state index in [-0.39, 0.29) is 0 Å². The van der Waals surface area contributed by atoms with Crippen LogP contribution in [0, 0.1) is 0 Å². The quantitative estimate of drug-likeness (QED) is 0.416. The Labute approximate surface area is 36.3 Å². The van der Waals surface area contributed by atoms with Gasteiger partial charge in [-0.2, -0.15) is 0 Å². The molecule has 0 amide bonds. The van der Waals surface area contributed by atoms with E-state index in [4.69, 9.17) is 10.2 Å². The lowest BCUT2D eigenvalue weighted by molar-refractivity contribution is -0.156. The number of hydrogen-bond acceptors (Lipinski definition) is 2. The molecular weight excluding hydrogens is 103 g/mol. The molecule has 0 aromatic heterocycles. The van der Waals surface area contributed by atoms with Gasteiger partial charge in [0.15, 0.2) is 0 Å². The minimum Gasteiger partial charge on any atom is -0.627 e. The highest BCUT2D eigenvalue weighted by molar-refractivity contribution is 7.49. The van der Waals surface area contributed by atoms with Crippen molar-refractivity contribution >= 4 is 13.8 Å². The Kier molecular flexibility index (Phi) is 3.28. The van der Waals surface area contributed by atoms with Gasteiger partial charge < -0.3 is 15.1 Å². The van der Waals surface area contributed by atoms with Crippen LogP contribution in [0.25, 0.3) is 0 Å². The molecule has 0 aliphatic rings. The molecule has 1 atom stereocenters. The summed E-state index contributed by atoms with van der Waals surface area (Å²) in [5.41, 5.74) is 0. The Morgan fingerprint density at radius 3 is 2.33 bits per heavy atom. The summed E-state index contributed by atoms with van der Waals surface area (Å²) < 4.78 is 0. The average molecular weight is 108 g/mol. The molecule has 2 N–H and O–H groups in total. The summed E-state index contributed by atoms with van der Waals surface area (Å²) in [5.74, 6) is 0.481. The van der Waals surface area contributed by atoms with Gasteiger partial charge in [0.25, 0.3) is 0 Å². The van der Waals surface area contributed by atoms with E-state index in [0.29, 0.717) is 5.98 Å². The number of aliphatic hydroxyl groups excluding tert-OH is 2. The highest BCUT2D eigenvalue weighted by Crippen LogP contribution is 2.01. The molecule has 0 bridgehead atoms. The summed E-state index contributed by atoms with van der Waals surface area (Å²) in [5, 5.41) is 15.6. The smallest absolute Gasteiger partial charge is 0.208 e. The van der Waals surface area contributed by atoms with Crippen LogP contribution < -0.4 is 4.89 Å². The van der Waals surface area contributed by atoms with Crippen molar-refractivity contribution in [2.45, 2.75) is 0 Å². The Bertz CT molecular complexity index is 59.8. The Balaban J connectivity index is 3.22. The molecule has 0 saturated carbocycles. The zero-order chi connectivity index (χ0) is 4.99. The summed E-state index contributed by atoms with van der Waals surface area (Å²) in [6.07, 6.45) is -0.466. The van der Waals surface area contributed by atoms with Crippen LogP contribution in [0.15, 0.2) is 0 Å². The monoisotopic (exact) mass is 108 g/mol. The molecule has 0 spiro atoms. The topological polar surface area (TPSA) is 63.5 Å². The Morgan fingerprint density at radius 2 is 2.33 bits per heavy atom. The molecule has 6 heavy (non-hydrogen) atoms. The van der Waals surface area contributed by atoms with Crippen molar-refractivity contribution < 1.29 is 15.1 Å². The third-order valence-electron chi connectivity index (χ3n) is 0.268. The average Bonchev–Trinajstić information content (AvgIpc) is 1.65. The largest absolute Gasteiger partial charge is 0.627 e. The molecule has 0 fully saturated rings. The van der Waals surface area contributed by atoms with E-state index in [1.54, 1.807) is 0 Å². The van der Waals surface area contributed by atoms with E-state index in [0.717, 1.165) is 0 Å². The van der Waals surface area contributed by atoms with Crippen LogP contribution in [0.1, 0.15) is 0 Å². The highest BCUT2D eigenvalue weighted by Gasteiger charge is 1.82. The van der Waals surface area contributed by atoms with Gasteiger partial charge in [-0.1, -0.05) is 0 Å². The highest BCUT2D eigenvalue weighted by atomic mass is 31.1. The summed E-state index contributed by atoms with van der Waals surface area (Å²) in [6.45, 7) is 0. The van der Waals surface area contributed by atoms with Crippen LogP contribution in [-0.4, -0.2) is 22.5 Å². The molecule has 0 radical (unpaired) electrons. The zero-order valence-electron chi connectivity index (χ0n) is 3.03. The lowest BCUT2D eigenvalue weighted by Gasteiger charge is -1.83. The van der Waals surface area contributed by atoms with Gasteiger partial charge in [-0.15, -0.1) is 0 Å². The van der Waals surface area contributed by atoms with Crippen molar-refractivity contribution in [3.8, 4) is 0 Å². The molecule has 4 heteroatoms. The molecule has 1 unspecified atom stereocenters. The first-order valence-electron chi connectivity index (χ1n) is 1.33. The zero-order valence-corrected chi connectivity index (χ0v) is 3.93. The molecule has 0 aliphatic heterocycles. The maximum atomic E-state index is 9.77. The van der Waals surface area contributed by atoms with E-state index in [9.17, 15) is 4.89 Å². The van der Waals surface area contributed by atoms with Crippen LogP contribution in [0.2, 0.25) is 0 Å². The second-order valence-corrected chi connectivity index (χ2v) is 2.02. The lowest BCUT2D eigenvalue weighted by atomic mass is 11.7. The van der Waals surface area contributed by atoms with Gasteiger partial charge in [0, 0.05) is 0 Å². The molecule has 0 aromatic rings. The standard InChI is InChI=1S/C2H5O3P/c3-1-6(5)2-4/h1,3-4H,2H2. The normalized spacial score (nSPS) is 12.2. The van der Waals surface area contributed by atoms with E-state index in [1.807, 2.05) is 0 Å². The van der Waals surface area contributed by atoms with Crippen molar-refractivity contribution in [1.29, 1.82) is 0 Å². The molecule has 0 aliphatic carbocycles. The van der Waals surface area contributed by atoms with Crippen LogP contribution in [-0.2, 0) is 0 Å². The molecule has 0 heterocycles. The van der Waals surface area contributed by atoms with E-state index in [2.05, 4.69) is 0 Å². The van der Waals surface area contributed by atoms with Crippen molar-refractivity contribution in [2.75, 3.05) is 6.35 Å². The van der Waals surface area contributed by atoms with Gasteiger partial charge in [0.2, 0.25) is 12.3 Å². The van der Waals surface area contributed by atoms with Crippen LogP contribution in [0.5, 0.6) is 0 Å². The van der Waals surface area contributed by atoms with Gasteiger partial charge in [0.05, 0.1) is 0 Å². The molecule has 3 nitrogen and oxygen atoms in total. The maximum Gasteiger partial charge on any atom is 0.208 e. The predicted octanol–water partition coefficient (Wildman–Crippen LogP) is -1.17. The van der Waals surface area contributed by atoms with Gasteiger partial charge in [0.1, 0.15) is 7.77 Å². The van der Waals surface area contributed by atoms with Gasteiger partial charge in [-0.3, -0.25) is 0 Å². The van der Waals surface area contributed by atoms with Crippen molar-refractivity contribution in [1.82, 2.24) is 0 Å². The fourth-order valence-corrected chi connectivity index (χ4v) is 0.110. The fraction of sp³-hybridized carbons (Fsp3) is 0.500. The first-order chi connectivity index (χ1) is 2.81. The molecule has 0 rings (SSSR count). The molecule has 0 saturated heterocycles. The summed E-state index contributed by atoms with van der Waals surface area (Å²) in [4.78, 5) is 9.77. The third kappa shape index (κ3) is 2.30. The van der Waals surface area contributed by atoms with Gasteiger partial charge in [-0.05, 0) is 0 Å². The first kappa shape index (κ1) is 6.05. The van der Waals surface area contributed by atoms with Gasteiger partial charge in [-0.25, -0.2) is 0 Å². The Hall–Kier alpha value is 0.0500. The Morgan fingerprint density at radius 1 is 1.83 bits per heavy atom. The third-order valence-corrected chi connectivity index (χ3v) is 0.805. The van der Waals surface area contributed by atoms with E-state index in [1.165, 1.54) is 0 Å². The fourth-order valence-electron chi connectivity index (χ4n) is 0.0365. The van der Waals surface area contributed by atoms with E-state index < -0.39 is 14.1 Å². The minimum absolute atomic E-state index is 0.466. The molecule has 0 aromatic carbocycles. The van der Waals surface area contributed by atoms with Crippen LogP contribution in [0.3, 0.4) is 0 Å². The molecule has 36 valence electrons. The number of aliphatic hydroxyl groups is 2. The maximum absolute atomic E-state index is 9.77. The predicted molar refractivity (Wildman–Crippen MR) is 22.0 cm³/mol. The van der Waals surface area contributed by atoms with Crippen molar-refractivity contribution in [2.24, 2.45) is 0 Å². The van der Waals surface area contributed by atoms with Crippen LogP contribution >= 0.6 is 7.77 Å². The molecular formula is C2H5O3P. The lowest BCUT2D eigenvalue weighted by Crippen LogP contribution is -1.91. The van der Waals surface area contributed by atoms with Crippen molar-refractivity contribution in [3.05, 3.63) is 0 Å². The summed E-state index contributed by atoms with van der Waals surface area (Å²) in [6, 6.07) is 0. The first-order valence-corrected chi connectivity index (χ1v) is 2.85. The van der Waals surface area contributed by atoms with Crippen LogP contribution in [0.4, 0.5) is 0 Å². The van der Waals surface area contributed by atoms with E-state index >= 15 is 0 Å². The number of hydrogen-bond donors (Lipinski definition) is 2.